The van der Waals surface area contributed by atoms with Crippen LogP contribution in [0.2, 0.25) is 0 Å². The second kappa shape index (κ2) is 5.37. The fourth-order valence-corrected chi connectivity index (χ4v) is 5.38. The first-order valence-corrected chi connectivity index (χ1v) is 9.67. The normalized spacial score (nSPS) is 28.8. The van der Waals surface area contributed by atoms with Crippen molar-refractivity contribution in [3.63, 3.8) is 0 Å². The molecule has 22 heavy (non-hydrogen) atoms. The number of benzene rings is 1. The van der Waals surface area contributed by atoms with Gasteiger partial charge in [0, 0.05) is 6.04 Å². The maximum Gasteiger partial charge on any atom is 0.230 e. The van der Waals surface area contributed by atoms with E-state index in [2.05, 4.69) is 5.32 Å². The molecular weight excluding hydrogens is 298 g/mol. The summed E-state index contributed by atoms with van der Waals surface area (Å²) in [5.74, 6) is 0.179. The largest absolute Gasteiger partial charge is 0.351 e. The van der Waals surface area contributed by atoms with E-state index < -0.39 is 20.5 Å². The fraction of sp³-hybridized carbons (Fsp3) is 0.588. The first-order chi connectivity index (χ1) is 10.4. The summed E-state index contributed by atoms with van der Waals surface area (Å²) < 4.78 is 23.7. The molecule has 4 nitrogen and oxygen atoms in total. The van der Waals surface area contributed by atoms with Crippen molar-refractivity contribution in [3.8, 4) is 0 Å². The molecule has 1 saturated carbocycles. The van der Waals surface area contributed by atoms with Gasteiger partial charge in [-0.3, -0.25) is 4.79 Å². The van der Waals surface area contributed by atoms with Gasteiger partial charge in [-0.1, -0.05) is 30.7 Å². The van der Waals surface area contributed by atoms with Crippen LogP contribution < -0.4 is 5.32 Å². The molecule has 2 aliphatic rings. The van der Waals surface area contributed by atoms with E-state index in [-0.39, 0.29) is 17.7 Å². The van der Waals surface area contributed by atoms with Crippen LogP contribution in [0.25, 0.3) is 0 Å². The van der Waals surface area contributed by atoms with Gasteiger partial charge in [-0.05, 0) is 44.2 Å². The maximum atomic E-state index is 12.9. The summed E-state index contributed by atoms with van der Waals surface area (Å²) >= 11 is 0. The van der Waals surface area contributed by atoms with Crippen LogP contribution in [0.15, 0.2) is 24.3 Å². The van der Waals surface area contributed by atoms with E-state index in [0.717, 1.165) is 30.4 Å². The van der Waals surface area contributed by atoms with Gasteiger partial charge in [0.25, 0.3) is 0 Å². The number of aryl methyl sites for hydroxylation is 1. The average Bonchev–Trinajstić information content (AvgIpc) is 2.67. The third-order valence-corrected chi connectivity index (χ3v) is 7.73. The van der Waals surface area contributed by atoms with Gasteiger partial charge in [-0.2, -0.15) is 0 Å². The molecule has 5 heteroatoms. The highest BCUT2D eigenvalue weighted by Gasteiger charge is 2.48. The van der Waals surface area contributed by atoms with Gasteiger partial charge in [-0.25, -0.2) is 8.42 Å². The molecule has 120 valence electrons. The van der Waals surface area contributed by atoms with E-state index in [0.29, 0.717) is 6.42 Å². The number of carbonyl (C=O) groups is 1. The topological polar surface area (TPSA) is 63.2 Å². The Bertz CT molecular complexity index is 692. The third-order valence-electron chi connectivity index (χ3n) is 5.47. The van der Waals surface area contributed by atoms with Crippen molar-refractivity contribution in [2.45, 2.75) is 56.2 Å². The highest BCUT2D eigenvalue weighted by Crippen LogP contribution is 2.45. The number of carbonyl (C=O) groups excluding carboxylic acids is 1. The van der Waals surface area contributed by atoms with Gasteiger partial charge in [0.15, 0.2) is 9.84 Å². The van der Waals surface area contributed by atoms with Gasteiger partial charge in [0.05, 0.1) is 16.4 Å². The van der Waals surface area contributed by atoms with Gasteiger partial charge in [0.1, 0.15) is 0 Å². The van der Waals surface area contributed by atoms with E-state index >= 15 is 0 Å². The number of amides is 1. The number of hydrogen-bond donors (Lipinski definition) is 1. The van der Waals surface area contributed by atoms with Crippen molar-refractivity contribution in [1.82, 2.24) is 5.32 Å². The molecule has 0 aromatic heterocycles. The maximum absolute atomic E-state index is 12.9. The monoisotopic (exact) mass is 321 g/mol. The van der Waals surface area contributed by atoms with Crippen molar-refractivity contribution in [1.29, 1.82) is 0 Å². The summed E-state index contributed by atoms with van der Waals surface area (Å²) in [6.45, 7) is 3.74. The lowest BCUT2D eigenvalue weighted by Crippen LogP contribution is -2.53. The van der Waals surface area contributed by atoms with E-state index in [1.165, 1.54) is 0 Å². The molecule has 2 fully saturated rings. The van der Waals surface area contributed by atoms with E-state index in [1.807, 2.05) is 31.2 Å². The summed E-state index contributed by atoms with van der Waals surface area (Å²) in [5.41, 5.74) is 1.76. The van der Waals surface area contributed by atoms with Crippen LogP contribution in [0.4, 0.5) is 0 Å². The smallest absolute Gasteiger partial charge is 0.230 e. The minimum atomic E-state index is -3.04. The summed E-state index contributed by atoms with van der Waals surface area (Å²) in [7, 11) is -3.04. The minimum absolute atomic E-state index is 0.00185. The van der Waals surface area contributed by atoms with Gasteiger partial charge < -0.3 is 5.32 Å². The molecule has 1 aliphatic carbocycles. The van der Waals surface area contributed by atoms with Gasteiger partial charge in [-0.15, -0.1) is 0 Å². The SMILES string of the molecule is Cc1ccccc1C1(C(=O)N[C@H]2CCS(=O)(=O)[C@H]2C)CCC1. The van der Waals surface area contributed by atoms with E-state index in [4.69, 9.17) is 0 Å². The zero-order valence-corrected chi connectivity index (χ0v) is 13.9. The predicted molar refractivity (Wildman–Crippen MR) is 86.5 cm³/mol. The Morgan fingerprint density at radius 1 is 1.27 bits per heavy atom. The van der Waals surface area contributed by atoms with Crippen molar-refractivity contribution >= 4 is 15.7 Å². The molecule has 1 heterocycles. The lowest BCUT2D eigenvalue weighted by molar-refractivity contribution is -0.130. The summed E-state index contributed by atoms with van der Waals surface area (Å²) in [5, 5.41) is 2.55. The predicted octanol–water partition coefficient (Wildman–Crippen LogP) is 2.11. The van der Waals surface area contributed by atoms with Gasteiger partial charge in [0.2, 0.25) is 5.91 Å². The summed E-state index contributed by atoms with van der Waals surface area (Å²) in [4.78, 5) is 12.9. The second-order valence-electron chi connectivity index (χ2n) is 6.69. The lowest BCUT2D eigenvalue weighted by Gasteiger charge is -2.42. The van der Waals surface area contributed by atoms with Gasteiger partial charge >= 0.3 is 0 Å². The first-order valence-electron chi connectivity index (χ1n) is 7.95. The van der Waals surface area contributed by atoms with Crippen LogP contribution in [0.1, 0.15) is 43.7 Å². The number of nitrogens with one attached hydrogen (secondary N) is 1. The molecule has 2 atom stereocenters. The molecule has 0 bridgehead atoms. The second-order valence-corrected chi connectivity index (χ2v) is 9.17. The quantitative estimate of drug-likeness (QED) is 0.927. The Morgan fingerprint density at radius 2 is 1.95 bits per heavy atom. The van der Waals surface area contributed by atoms with Crippen molar-refractivity contribution in [3.05, 3.63) is 35.4 Å². The lowest BCUT2D eigenvalue weighted by atomic mass is 9.62. The molecule has 0 spiro atoms. The average molecular weight is 321 g/mol. The van der Waals surface area contributed by atoms with Crippen LogP contribution in [-0.4, -0.2) is 31.4 Å². The molecule has 3 rings (SSSR count). The van der Waals surface area contributed by atoms with Crippen LogP contribution in [0.3, 0.4) is 0 Å². The number of hydrogen-bond acceptors (Lipinski definition) is 3. The van der Waals surface area contributed by atoms with Crippen molar-refractivity contribution in [2.75, 3.05) is 5.75 Å². The highest BCUT2D eigenvalue weighted by molar-refractivity contribution is 7.92. The molecule has 1 saturated heterocycles. The van der Waals surface area contributed by atoms with Crippen LogP contribution >= 0.6 is 0 Å². The Hall–Kier alpha value is -1.36. The van der Waals surface area contributed by atoms with Crippen LogP contribution in [0, 0.1) is 6.92 Å². The Labute approximate surface area is 132 Å². The Balaban J connectivity index is 1.83. The Kier molecular flexibility index (Phi) is 3.79. The fourth-order valence-electron chi connectivity index (χ4n) is 3.72. The highest BCUT2D eigenvalue weighted by atomic mass is 32.2. The number of sulfone groups is 1. The minimum Gasteiger partial charge on any atom is -0.351 e. The van der Waals surface area contributed by atoms with Crippen molar-refractivity contribution < 1.29 is 13.2 Å². The first kappa shape index (κ1) is 15.5. The molecule has 1 amide bonds. The zero-order valence-electron chi connectivity index (χ0n) is 13.1. The Morgan fingerprint density at radius 3 is 2.45 bits per heavy atom. The zero-order chi connectivity index (χ0) is 16.0. The molecular formula is C17H23NO3S. The number of rotatable bonds is 3. The van der Waals surface area contributed by atoms with E-state index in [1.54, 1.807) is 6.92 Å². The third kappa shape index (κ3) is 2.35. The van der Waals surface area contributed by atoms with Crippen molar-refractivity contribution in [2.24, 2.45) is 0 Å². The molecule has 1 N–H and O–H groups in total. The molecule has 0 unspecified atom stereocenters. The standard InChI is InChI=1S/C17H23NO3S/c1-12-6-3-4-7-14(12)17(9-5-10-17)16(19)18-15-8-11-22(20,21)13(15)2/h3-4,6-7,13,15H,5,8-11H2,1-2H3,(H,18,19)/t13-,15-/m0/s1. The van der Waals surface area contributed by atoms with Crippen LogP contribution in [0.5, 0.6) is 0 Å². The van der Waals surface area contributed by atoms with Crippen LogP contribution in [-0.2, 0) is 20.0 Å². The summed E-state index contributed by atoms with van der Waals surface area (Å²) in [6, 6.07) is 7.76. The molecule has 1 aliphatic heterocycles. The van der Waals surface area contributed by atoms with E-state index in [9.17, 15) is 13.2 Å². The summed E-state index contributed by atoms with van der Waals surface area (Å²) in [6.07, 6.45) is 3.26. The molecule has 0 radical (unpaired) electrons. The molecule has 1 aromatic carbocycles. The molecule has 1 aromatic rings.